The number of hydrogen-bond acceptors (Lipinski definition) is 5. The van der Waals surface area contributed by atoms with Gasteiger partial charge in [-0.2, -0.15) is 14.9 Å². The van der Waals surface area contributed by atoms with Gasteiger partial charge in [-0.05, 0) is 35.6 Å². The van der Waals surface area contributed by atoms with Crippen LogP contribution in [0.4, 0.5) is 5.82 Å². The molecule has 0 aliphatic heterocycles. The van der Waals surface area contributed by atoms with Gasteiger partial charge in [-0.25, -0.2) is 4.98 Å². The second kappa shape index (κ2) is 4.55. The molecule has 3 aromatic heterocycles. The van der Waals surface area contributed by atoms with Gasteiger partial charge < -0.3 is 5.73 Å². The lowest BCUT2D eigenvalue weighted by Gasteiger charge is -2.11. The monoisotopic (exact) mass is 305 g/mol. The fourth-order valence-corrected chi connectivity index (χ4v) is 3.52. The predicted molar refractivity (Wildman–Crippen MR) is 87.7 cm³/mol. The molecule has 0 radical (unpaired) electrons. The van der Waals surface area contributed by atoms with E-state index < -0.39 is 0 Å². The van der Waals surface area contributed by atoms with Crippen molar-refractivity contribution in [2.75, 3.05) is 5.73 Å². The summed E-state index contributed by atoms with van der Waals surface area (Å²) in [6.07, 6.45) is 3.22. The summed E-state index contributed by atoms with van der Waals surface area (Å²) in [6, 6.07) is 8.37. The van der Waals surface area contributed by atoms with Gasteiger partial charge >= 0.3 is 0 Å². The maximum absolute atomic E-state index is 9.08. The lowest BCUT2D eigenvalue weighted by molar-refractivity contribution is 0.954. The van der Waals surface area contributed by atoms with E-state index in [0.717, 1.165) is 22.1 Å². The third kappa shape index (κ3) is 1.63. The molecule has 106 valence electrons. The van der Waals surface area contributed by atoms with Crippen molar-refractivity contribution in [2.45, 2.75) is 6.92 Å². The van der Waals surface area contributed by atoms with Crippen LogP contribution < -0.4 is 5.73 Å². The molecule has 0 saturated heterocycles. The number of fused-ring (bicyclic) bond motifs is 2. The highest BCUT2D eigenvalue weighted by Gasteiger charge is 2.16. The Kier molecular flexibility index (Phi) is 2.65. The Morgan fingerprint density at radius 3 is 2.95 bits per heavy atom. The van der Waals surface area contributed by atoms with E-state index in [1.54, 1.807) is 17.5 Å². The normalized spacial score (nSPS) is 11.1. The number of aromatic nitrogens is 3. The van der Waals surface area contributed by atoms with Crippen molar-refractivity contribution < 1.29 is 0 Å². The Labute approximate surface area is 130 Å². The van der Waals surface area contributed by atoms with Crippen LogP contribution in [0.15, 0.2) is 36.0 Å². The minimum Gasteiger partial charge on any atom is -0.383 e. The molecule has 1 aromatic carbocycles. The number of hydrogen-bond donors (Lipinski definition) is 1. The number of nitriles is 1. The van der Waals surface area contributed by atoms with Gasteiger partial charge in [0.2, 0.25) is 0 Å². The zero-order valence-corrected chi connectivity index (χ0v) is 12.6. The molecule has 2 N–H and O–H groups in total. The standard InChI is InChI=1S/C16H11N5S/c1-9-2-3-13-11(4-5-22-13)14(9)12-8-19-16-10(6-17)7-20-21(16)15(12)18/h2-5,7-8H,18H2,1H3. The highest BCUT2D eigenvalue weighted by Crippen LogP contribution is 2.37. The van der Waals surface area contributed by atoms with Crippen molar-refractivity contribution in [3.8, 4) is 17.2 Å². The predicted octanol–water partition coefficient (Wildman–Crippen LogP) is 3.37. The zero-order valence-electron chi connectivity index (χ0n) is 11.7. The third-order valence-corrected chi connectivity index (χ3v) is 4.68. The summed E-state index contributed by atoms with van der Waals surface area (Å²) in [5.74, 6) is 0.494. The average molecular weight is 305 g/mol. The van der Waals surface area contributed by atoms with Crippen LogP contribution in [0, 0.1) is 18.3 Å². The molecular weight excluding hydrogens is 294 g/mol. The van der Waals surface area contributed by atoms with Crippen LogP contribution in [0.2, 0.25) is 0 Å². The first kappa shape index (κ1) is 12.8. The number of nitrogens with zero attached hydrogens (tertiary/aromatic N) is 4. The number of aryl methyl sites for hydroxylation is 1. The summed E-state index contributed by atoms with van der Waals surface area (Å²) in [5.41, 5.74) is 10.2. The van der Waals surface area contributed by atoms with Gasteiger partial charge in [-0.3, -0.25) is 0 Å². The largest absolute Gasteiger partial charge is 0.383 e. The topological polar surface area (TPSA) is 80.0 Å². The van der Waals surface area contributed by atoms with Crippen LogP contribution in [0.5, 0.6) is 0 Å². The van der Waals surface area contributed by atoms with E-state index in [4.69, 9.17) is 11.0 Å². The number of benzene rings is 1. The molecule has 4 rings (SSSR count). The Morgan fingerprint density at radius 1 is 1.27 bits per heavy atom. The second-order valence-electron chi connectivity index (χ2n) is 5.05. The summed E-state index contributed by atoms with van der Waals surface area (Å²) in [7, 11) is 0. The van der Waals surface area contributed by atoms with Gasteiger partial charge in [0.1, 0.15) is 17.5 Å². The molecular formula is C16H11N5S. The van der Waals surface area contributed by atoms with Crippen molar-refractivity contribution in [3.63, 3.8) is 0 Å². The van der Waals surface area contributed by atoms with Gasteiger partial charge in [0.15, 0.2) is 5.65 Å². The minimum absolute atomic E-state index is 0.420. The van der Waals surface area contributed by atoms with Crippen molar-refractivity contribution in [2.24, 2.45) is 0 Å². The van der Waals surface area contributed by atoms with Gasteiger partial charge in [0.25, 0.3) is 0 Å². The van der Waals surface area contributed by atoms with Crippen LogP contribution in [0.25, 0.3) is 26.9 Å². The van der Waals surface area contributed by atoms with Crippen molar-refractivity contribution >= 4 is 32.9 Å². The average Bonchev–Trinajstić information content (AvgIpc) is 3.14. The maximum atomic E-state index is 9.08. The number of anilines is 1. The zero-order chi connectivity index (χ0) is 15.3. The molecule has 22 heavy (non-hydrogen) atoms. The summed E-state index contributed by atoms with van der Waals surface area (Å²) < 4.78 is 2.73. The van der Waals surface area contributed by atoms with Gasteiger partial charge in [-0.15, -0.1) is 11.3 Å². The van der Waals surface area contributed by atoms with Crippen LogP contribution in [-0.4, -0.2) is 14.6 Å². The van der Waals surface area contributed by atoms with E-state index in [-0.39, 0.29) is 0 Å². The molecule has 0 bridgehead atoms. The van der Waals surface area contributed by atoms with E-state index in [1.165, 1.54) is 15.4 Å². The van der Waals surface area contributed by atoms with E-state index in [2.05, 4.69) is 46.7 Å². The number of nitrogens with two attached hydrogens (primary N) is 1. The Morgan fingerprint density at radius 2 is 2.14 bits per heavy atom. The summed E-state index contributed by atoms with van der Waals surface area (Å²) >= 11 is 1.70. The molecule has 0 saturated carbocycles. The van der Waals surface area contributed by atoms with Gasteiger partial charge in [0.05, 0.1) is 6.20 Å². The number of rotatable bonds is 1. The summed E-state index contributed by atoms with van der Waals surface area (Å²) in [4.78, 5) is 4.38. The molecule has 5 nitrogen and oxygen atoms in total. The summed E-state index contributed by atoms with van der Waals surface area (Å²) in [5, 5.41) is 16.5. The fourth-order valence-electron chi connectivity index (χ4n) is 2.73. The van der Waals surface area contributed by atoms with Gasteiger partial charge in [-0.1, -0.05) is 6.07 Å². The van der Waals surface area contributed by atoms with Crippen LogP contribution in [0.1, 0.15) is 11.1 Å². The van der Waals surface area contributed by atoms with Gasteiger partial charge in [0, 0.05) is 21.8 Å². The number of nitrogen functional groups attached to an aromatic ring is 1. The highest BCUT2D eigenvalue weighted by molar-refractivity contribution is 7.17. The molecule has 0 aliphatic rings. The minimum atomic E-state index is 0.420. The van der Waals surface area contributed by atoms with Crippen LogP contribution in [0.3, 0.4) is 0 Å². The van der Waals surface area contributed by atoms with E-state index in [1.807, 2.05) is 0 Å². The lowest BCUT2D eigenvalue weighted by Crippen LogP contribution is -2.03. The molecule has 4 aromatic rings. The van der Waals surface area contributed by atoms with Crippen molar-refractivity contribution in [3.05, 3.63) is 47.1 Å². The van der Waals surface area contributed by atoms with Crippen LogP contribution >= 0.6 is 11.3 Å². The molecule has 0 atom stereocenters. The Balaban J connectivity index is 2.09. The maximum Gasteiger partial charge on any atom is 0.175 e. The first-order chi connectivity index (χ1) is 10.7. The first-order valence-corrected chi connectivity index (χ1v) is 7.58. The molecule has 0 fully saturated rings. The summed E-state index contributed by atoms with van der Waals surface area (Å²) in [6.45, 7) is 2.06. The van der Waals surface area contributed by atoms with Crippen molar-refractivity contribution in [1.29, 1.82) is 5.26 Å². The lowest BCUT2D eigenvalue weighted by atomic mass is 9.98. The molecule has 0 spiro atoms. The third-order valence-electron chi connectivity index (χ3n) is 3.80. The molecule has 0 unspecified atom stereocenters. The molecule has 3 heterocycles. The fraction of sp³-hybridized carbons (Fsp3) is 0.0625. The Bertz CT molecular complexity index is 1070. The highest BCUT2D eigenvalue weighted by atomic mass is 32.1. The number of thiophene rings is 1. The smallest absolute Gasteiger partial charge is 0.175 e. The molecule has 0 aliphatic carbocycles. The quantitative estimate of drug-likeness (QED) is 0.584. The van der Waals surface area contributed by atoms with E-state index in [9.17, 15) is 0 Å². The van der Waals surface area contributed by atoms with E-state index in [0.29, 0.717) is 17.0 Å². The van der Waals surface area contributed by atoms with Crippen molar-refractivity contribution in [1.82, 2.24) is 14.6 Å². The second-order valence-corrected chi connectivity index (χ2v) is 6.00. The molecule has 6 heteroatoms. The van der Waals surface area contributed by atoms with E-state index >= 15 is 0 Å². The van der Waals surface area contributed by atoms with Crippen LogP contribution in [-0.2, 0) is 0 Å². The molecule has 0 amide bonds. The Hall–Kier alpha value is -2.91. The SMILES string of the molecule is Cc1ccc2sccc2c1-c1cnc2c(C#N)cnn2c1N. The first-order valence-electron chi connectivity index (χ1n) is 6.70.